The Morgan fingerprint density at radius 2 is 1.76 bits per heavy atom. The fourth-order valence-corrected chi connectivity index (χ4v) is 4.44. The van der Waals surface area contributed by atoms with Gasteiger partial charge >= 0.3 is 0 Å². The second-order valence-electron chi connectivity index (χ2n) is 9.05. The summed E-state index contributed by atoms with van der Waals surface area (Å²) in [4.78, 5) is 25.1. The van der Waals surface area contributed by atoms with Crippen molar-refractivity contribution in [1.29, 1.82) is 0 Å². The van der Waals surface area contributed by atoms with Gasteiger partial charge in [0.25, 0.3) is 5.91 Å². The topological polar surface area (TPSA) is 77.0 Å². The number of nitrogens with zero attached hydrogens (tertiary/aromatic N) is 4. The quantitative estimate of drug-likeness (QED) is 0.386. The highest BCUT2D eigenvalue weighted by atomic mass is 16.2. The zero-order valence-electron chi connectivity index (χ0n) is 20.2. The van der Waals surface area contributed by atoms with Gasteiger partial charge in [0.05, 0.1) is 22.6 Å². The summed E-state index contributed by atoms with van der Waals surface area (Å²) in [5.41, 5.74) is 10.5. The van der Waals surface area contributed by atoms with Crippen LogP contribution in [0.15, 0.2) is 72.9 Å². The Labute approximate surface area is 201 Å². The highest BCUT2D eigenvalue weighted by molar-refractivity contribution is 5.94. The highest BCUT2D eigenvalue weighted by Gasteiger charge is 2.32. The van der Waals surface area contributed by atoms with Crippen LogP contribution in [-0.4, -0.2) is 38.4 Å². The van der Waals surface area contributed by atoms with Gasteiger partial charge in [0.15, 0.2) is 0 Å². The molecular weight excluding hydrogens is 422 g/mol. The summed E-state index contributed by atoms with van der Waals surface area (Å²) in [5, 5.41) is 0. The number of imidazole rings is 1. The molecule has 1 amide bonds. The van der Waals surface area contributed by atoms with E-state index in [9.17, 15) is 4.79 Å². The smallest absolute Gasteiger partial charge is 0.256 e. The van der Waals surface area contributed by atoms with E-state index in [2.05, 4.69) is 53.7 Å². The maximum atomic E-state index is 13.8. The Bertz CT molecular complexity index is 1230. The molecule has 1 atom stereocenters. The second-order valence-corrected chi connectivity index (χ2v) is 9.05. The number of aryl methyl sites for hydroxylation is 1. The van der Waals surface area contributed by atoms with Crippen LogP contribution in [0, 0.1) is 12.8 Å². The molecule has 6 heteroatoms. The fourth-order valence-electron chi connectivity index (χ4n) is 4.44. The molecule has 2 N–H and O–H groups in total. The van der Waals surface area contributed by atoms with Gasteiger partial charge in [0.1, 0.15) is 5.82 Å². The van der Waals surface area contributed by atoms with Crippen LogP contribution >= 0.6 is 0 Å². The van der Waals surface area contributed by atoms with Gasteiger partial charge in [0, 0.05) is 25.0 Å². The first kappa shape index (κ1) is 23.6. The third-order valence-corrected chi connectivity index (χ3v) is 6.12. The van der Waals surface area contributed by atoms with E-state index < -0.39 is 0 Å². The van der Waals surface area contributed by atoms with E-state index in [0.717, 1.165) is 22.6 Å². The minimum Gasteiger partial charge on any atom is -0.330 e. The molecule has 2 aromatic carbocycles. The first-order valence-electron chi connectivity index (χ1n) is 11.9. The van der Waals surface area contributed by atoms with Gasteiger partial charge in [0.2, 0.25) is 0 Å². The number of fused-ring (bicyclic) bond motifs is 1. The molecule has 34 heavy (non-hydrogen) atoms. The number of aromatic nitrogens is 3. The summed E-state index contributed by atoms with van der Waals surface area (Å²) in [7, 11) is 0. The third-order valence-electron chi connectivity index (χ3n) is 6.12. The summed E-state index contributed by atoms with van der Waals surface area (Å²) < 4.78 is 2.26. The number of hydrogen-bond acceptors (Lipinski definition) is 4. The molecule has 4 rings (SSSR count). The fraction of sp³-hybridized carbons (Fsp3) is 0.321. The Morgan fingerprint density at radius 1 is 1.03 bits per heavy atom. The SMILES string of the molecule is Cc1ccc(C(=O)N(CCCN)[C@@H](c2nc3ccccc3n2Cc2ccccc2)C(C)C)cn1. The average molecular weight is 456 g/mol. The minimum atomic E-state index is -0.212. The summed E-state index contributed by atoms with van der Waals surface area (Å²) in [5.74, 6) is 0.995. The largest absolute Gasteiger partial charge is 0.330 e. The highest BCUT2D eigenvalue weighted by Crippen LogP contribution is 2.33. The first-order valence-corrected chi connectivity index (χ1v) is 11.9. The second kappa shape index (κ2) is 10.6. The molecule has 0 aliphatic carbocycles. The van der Waals surface area contributed by atoms with Crippen LogP contribution in [0.3, 0.4) is 0 Å². The molecule has 0 saturated carbocycles. The van der Waals surface area contributed by atoms with Crippen LogP contribution in [0.25, 0.3) is 11.0 Å². The van der Waals surface area contributed by atoms with Crippen LogP contribution in [-0.2, 0) is 6.54 Å². The molecule has 0 unspecified atom stereocenters. The van der Waals surface area contributed by atoms with Gasteiger partial charge in [-0.2, -0.15) is 0 Å². The lowest BCUT2D eigenvalue weighted by atomic mass is 9.99. The number of amides is 1. The number of para-hydroxylation sites is 2. The van der Waals surface area contributed by atoms with Crippen molar-refractivity contribution in [2.75, 3.05) is 13.1 Å². The van der Waals surface area contributed by atoms with Gasteiger partial charge in [-0.1, -0.05) is 56.3 Å². The molecular formula is C28H33N5O. The molecule has 0 radical (unpaired) electrons. The van der Waals surface area contributed by atoms with Gasteiger partial charge < -0.3 is 15.2 Å². The number of carbonyl (C=O) groups is 1. The lowest BCUT2D eigenvalue weighted by Crippen LogP contribution is -2.40. The van der Waals surface area contributed by atoms with E-state index in [1.807, 2.05) is 48.2 Å². The van der Waals surface area contributed by atoms with Crippen molar-refractivity contribution >= 4 is 16.9 Å². The van der Waals surface area contributed by atoms with Crippen molar-refractivity contribution in [3.8, 4) is 0 Å². The van der Waals surface area contributed by atoms with E-state index >= 15 is 0 Å². The van der Waals surface area contributed by atoms with Crippen LogP contribution in [0.5, 0.6) is 0 Å². The molecule has 2 heterocycles. The summed E-state index contributed by atoms with van der Waals surface area (Å²) in [6.45, 7) is 7.97. The van der Waals surface area contributed by atoms with E-state index in [-0.39, 0.29) is 17.9 Å². The van der Waals surface area contributed by atoms with Crippen LogP contribution in [0.4, 0.5) is 0 Å². The molecule has 4 aromatic rings. The van der Waals surface area contributed by atoms with E-state index in [1.165, 1.54) is 5.56 Å². The van der Waals surface area contributed by atoms with Crippen LogP contribution < -0.4 is 5.73 Å². The lowest BCUT2D eigenvalue weighted by molar-refractivity contribution is 0.0604. The molecule has 0 spiro atoms. The number of pyridine rings is 1. The summed E-state index contributed by atoms with van der Waals surface area (Å²) in [6.07, 6.45) is 2.38. The van der Waals surface area contributed by atoms with Gasteiger partial charge in [-0.15, -0.1) is 0 Å². The maximum Gasteiger partial charge on any atom is 0.256 e. The third kappa shape index (κ3) is 5.02. The van der Waals surface area contributed by atoms with Crippen molar-refractivity contribution in [3.63, 3.8) is 0 Å². The Kier molecular flexibility index (Phi) is 7.38. The number of hydrogen-bond donors (Lipinski definition) is 1. The van der Waals surface area contributed by atoms with Gasteiger partial charge in [-0.25, -0.2) is 4.98 Å². The molecule has 0 fully saturated rings. The van der Waals surface area contributed by atoms with Crippen LogP contribution in [0.1, 0.15) is 53.7 Å². The number of carbonyl (C=O) groups excluding carboxylic acids is 1. The van der Waals surface area contributed by atoms with Crippen molar-refractivity contribution < 1.29 is 4.79 Å². The minimum absolute atomic E-state index is 0.0435. The van der Waals surface area contributed by atoms with E-state index in [0.29, 0.717) is 31.6 Å². The maximum absolute atomic E-state index is 13.8. The Hall–Kier alpha value is -3.51. The van der Waals surface area contributed by atoms with Gasteiger partial charge in [-0.05, 0) is 55.6 Å². The molecule has 176 valence electrons. The Morgan fingerprint density at radius 3 is 2.44 bits per heavy atom. The predicted molar refractivity (Wildman–Crippen MR) is 137 cm³/mol. The molecule has 0 aliphatic rings. The standard InChI is InChI=1S/C28H33N5O/c1-20(2)26(32(17-9-16-29)28(34)23-15-14-21(3)30-18-23)27-31-24-12-7-8-13-25(24)33(27)19-22-10-5-4-6-11-22/h4-8,10-15,18,20,26H,9,16-17,19,29H2,1-3H3/t26-/m1/s1. The van der Waals surface area contributed by atoms with E-state index in [1.54, 1.807) is 6.20 Å². The monoisotopic (exact) mass is 455 g/mol. The molecule has 6 nitrogen and oxygen atoms in total. The Balaban J connectivity index is 1.83. The predicted octanol–water partition coefficient (Wildman–Crippen LogP) is 4.98. The summed E-state index contributed by atoms with van der Waals surface area (Å²) in [6, 6.07) is 22.1. The first-order chi connectivity index (χ1) is 16.5. The van der Waals surface area contributed by atoms with Crippen molar-refractivity contribution in [2.24, 2.45) is 11.7 Å². The van der Waals surface area contributed by atoms with Crippen molar-refractivity contribution in [2.45, 2.75) is 39.8 Å². The number of nitrogens with two attached hydrogens (primary N) is 1. The summed E-state index contributed by atoms with van der Waals surface area (Å²) >= 11 is 0. The number of benzene rings is 2. The number of rotatable bonds is 9. The molecule has 0 saturated heterocycles. The zero-order valence-corrected chi connectivity index (χ0v) is 20.2. The van der Waals surface area contributed by atoms with E-state index in [4.69, 9.17) is 10.7 Å². The molecule has 0 aliphatic heterocycles. The average Bonchev–Trinajstić information content (AvgIpc) is 3.19. The van der Waals surface area contributed by atoms with Crippen molar-refractivity contribution in [1.82, 2.24) is 19.4 Å². The van der Waals surface area contributed by atoms with Crippen LogP contribution in [0.2, 0.25) is 0 Å². The molecule has 2 aromatic heterocycles. The van der Waals surface area contributed by atoms with Gasteiger partial charge in [-0.3, -0.25) is 9.78 Å². The lowest BCUT2D eigenvalue weighted by Gasteiger charge is -2.34. The molecule has 0 bridgehead atoms. The normalized spacial score (nSPS) is 12.3. The zero-order chi connectivity index (χ0) is 24.1. The van der Waals surface area contributed by atoms with Crippen molar-refractivity contribution in [3.05, 3.63) is 95.6 Å².